The summed E-state index contributed by atoms with van der Waals surface area (Å²) >= 11 is 0. The van der Waals surface area contributed by atoms with Gasteiger partial charge in [0.15, 0.2) is 0 Å². The molecule has 0 saturated heterocycles. The largest absolute Gasteiger partial charge is 0.481 e. The molecule has 17 heavy (non-hydrogen) atoms. The molecule has 0 saturated carbocycles. The molecule has 0 amide bonds. The predicted octanol–water partition coefficient (Wildman–Crippen LogP) is 2.42. The van der Waals surface area contributed by atoms with Gasteiger partial charge in [-0.25, -0.2) is 0 Å². The van der Waals surface area contributed by atoms with Crippen molar-refractivity contribution >= 4 is 5.97 Å². The second-order valence-corrected chi connectivity index (χ2v) is 3.81. The number of benzene rings is 1. The minimum Gasteiger partial charge on any atom is -0.481 e. The smallest absolute Gasteiger partial charge is 0.305 e. The van der Waals surface area contributed by atoms with E-state index in [1.807, 2.05) is 30.3 Å². The van der Waals surface area contributed by atoms with E-state index in [1.54, 1.807) is 12.3 Å². The number of carbonyl (C=O) groups is 1. The van der Waals surface area contributed by atoms with E-state index in [1.165, 1.54) is 0 Å². The van der Waals surface area contributed by atoms with Gasteiger partial charge in [0, 0.05) is 11.6 Å². The van der Waals surface area contributed by atoms with Crippen LogP contribution in [0.2, 0.25) is 0 Å². The average Bonchev–Trinajstić information content (AvgIpc) is 2.82. The van der Waals surface area contributed by atoms with Gasteiger partial charge in [0.05, 0.1) is 12.7 Å². The predicted molar refractivity (Wildman–Crippen MR) is 63.3 cm³/mol. The van der Waals surface area contributed by atoms with E-state index in [9.17, 15) is 4.79 Å². The maximum absolute atomic E-state index is 10.6. The highest BCUT2D eigenvalue weighted by molar-refractivity contribution is 5.68. The number of carboxylic acid groups (broad SMARTS) is 1. The number of hydrogen-bond donors (Lipinski definition) is 2. The summed E-state index contributed by atoms with van der Waals surface area (Å²) in [6.07, 6.45) is 1.51. The van der Waals surface area contributed by atoms with E-state index in [0.717, 1.165) is 16.9 Å². The number of aliphatic carboxylic acids is 1. The Morgan fingerprint density at radius 3 is 2.82 bits per heavy atom. The summed E-state index contributed by atoms with van der Waals surface area (Å²) in [5.74, 6) is -0.157. The first kappa shape index (κ1) is 11.4. The summed E-state index contributed by atoms with van der Waals surface area (Å²) in [4.78, 5) is 10.6. The van der Waals surface area contributed by atoms with Crippen LogP contribution in [-0.4, -0.2) is 11.1 Å². The van der Waals surface area contributed by atoms with Gasteiger partial charge in [-0.05, 0) is 23.8 Å². The highest BCUT2D eigenvalue weighted by atomic mass is 16.4. The Morgan fingerprint density at radius 2 is 2.18 bits per heavy atom. The Bertz CT molecular complexity index is 505. The highest BCUT2D eigenvalue weighted by Gasteiger charge is 2.11. The molecule has 2 aromatic rings. The van der Waals surface area contributed by atoms with Gasteiger partial charge in [0.25, 0.3) is 0 Å². The van der Waals surface area contributed by atoms with Gasteiger partial charge in [0.2, 0.25) is 0 Å². The lowest BCUT2D eigenvalue weighted by Crippen LogP contribution is -2.14. The monoisotopic (exact) mass is 231 g/mol. The molecule has 2 rings (SSSR count). The standard InChI is InChI=1S/C13H13NO3/c14-11(8-13(15)16)9-3-1-4-10(7-9)12-5-2-6-17-12/h1-7,11H,8,14H2,(H,15,16). The third-order valence-corrected chi connectivity index (χ3v) is 2.52. The van der Waals surface area contributed by atoms with E-state index in [0.29, 0.717) is 0 Å². The van der Waals surface area contributed by atoms with Gasteiger partial charge in [-0.3, -0.25) is 4.79 Å². The second kappa shape index (κ2) is 4.84. The van der Waals surface area contributed by atoms with Gasteiger partial charge < -0.3 is 15.3 Å². The number of nitrogens with two attached hydrogens (primary N) is 1. The fraction of sp³-hybridized carbons (Fsp3) is 0.154. The van der Waals surface area contributed by atoms with Crippen LogP contribution in [0.4, 0.5) is 0 Å². The van der Waals surface area contributed by atoms with E-state index in [2.05, 4.69) is 0 Å². The molecule has 1 aromatic heterocycles. The summed E-state index contributed by atoms with van der Waals surface area (Å²) in [5.41, 5.74) is 7.50. The normalized spacial score (nSPS) is 12.3. The van der Waals surface area contributed by atoms with Crippen molar-refractivity contribution in [2.75, 3.05) is 0 Å². The molecular weight excluding hydrogens is 218 g/mol. The molecule has 1 atom stereocenters. The van der Waals surface area contributed by atoms with Crippen LogP contribution in [0.5, 0.6) is 0 Å². The maximum Gasteiger partial charge on any atom is 0.305 e. The number of carboxylic acids is 1. The van der Waals surface area contributed by atoms with E-state index < -0.39 is 12.0 Å². The zero-order valence-corrected chi connectivity index (χ0v) is 9.17. The van der Waals surface area contributed by atoms with Crippen LogP contribution in [0, 0.1) is 0 Å². The zero-order valence-electron chi connectivity index (χ0n) is 9.17. The highest BCUT2D eigenvalue weighted by Crippen LogP contribution is 2.23. The average molecular weight is 231 g/mol. The van der Waals surface area contributed by atoms with Crippen molar-refractivity contribution in [3.05, 3.63) is 48.2 Å². The summed E-state index contributed by atoms with van der Waals surface area (Å²) < 4.78 is 5.28. The van der Waals surface area contributed by atoms with Crippen LogP contribution in [0.15, 0.2) is 47.1 Å². The molecule has 4 nitrogen and oxygen atoms in total. The minimum absolute atomic E-state index is 0.0817. The van der Waals surface area contributed by atoms with Crippen LogP contribution < -0.4 is 5.73 Å². The molecule has 0 fully saturated rings. The summed E-state index contributed by atoms with van der Waals surface area (Å²) in [5, 5.41) is 8.70. The molecule has 1 unspecified atom stereocenters. The molecular formula is C13H13NO3. The topological polar surface area (TPSA) is 76.5 Å². The Kier molecular flexibility index (Phi) is 3.25. The van der Waals surface area contributed by atoms with E-state index in [-0.39, 0.29) is 6.42 Å². The summed E-state index contributed by atoms with van der Waals surface area (Å²) in [7, 11) is 0. The Morgan fingerprint density at radius 1 is 1.35 bits per heavy atom. The summed E-state index contributed by atoms with van der Waals surface area (Å²) in [6, 6.07) is 10.6. The van der Waals surface area contributed by atoms with Crippen LogP contribution in [0.3, 0.4) is 0 Å². The number of hydrogen-bond acceptors (Lipinski definition) is 3. The first-order chi connectivity index (χ1) is 8.16. The molecule has 88 valence electrons. The number of furan rings is 1. The third kappa shape index (κ3) is 2.73. The fourth-order valence-electron chi connectivity index (χ4n) is 1.67. The zero-order chi connectivity index (χ0) is 12.3. The van der Waals surface area contributed by atoms with Crippen molar-refractivity contribution in [2.24, 2.45) is 5.73 Å². The van der Waals surface area contributed by atoms with Crippen LogP contribution >= 0.6 is 0 Å². The minimum atomic E-state index is -0.902. The van der Waals surface area contributed by atoms with Crippen LogP contribution in [-0.2, 0) is 4.79 Å². The van der Waals surface area contributed by atoms with E-state index in [4.69, 9.17) is 15.3 Å². The Balaban J connectivity index is 2.25. The van der Waals surface area contributed by atoms with E-state index >= 15 is 0 Å². The molecule has 0 radical (unpaired) electrons. The van der Waals surface area contributed by atoms with Gasteiger partial charge in [-0.1, -0.05) is 18.2 Å². The fourth-order valence-corrected chi connectivity index (χ4v) is 1.67. The Labute approximate surface area is 98.7 Å². The number of rotatable bonds is 4. The SMILES string of the molecule is NC(CC(=O)O)c1cccc(-c2ccco2)c1. The van der Waals surface area contributed by atoms with Gasteiger partial charge >= 0.3 is 5.97 Å². The van der Waals surface area contributed by atoms with Crippen LogP contribution in [0.25, 0.3) is 11.3 Å². The molecule has 0 spiro atoms. The van der Waals surface area contributed by atoms with Gasteiger partial charge in [0.1, 0.15) is 5.76 Å². The summed E-state index contributed by atoms with van der Waals surface area (Å²) in [6.45, 7) is 0. The second-order valence-electron chi connectivity index (χ2n) is 3.81. The maximum atomic E-state index is 10.6. The molecule has 0 aliphatic carbocycles. The van der Waals surface area contributed by atoms with Crippen molar-refractivity contribution in [3.63, 3.8) is 0 Å². The molecule has 1 heterocycles. The molecule has 0 aliphatic heterocycles. The first-order valence-electron chi connectivity index (χ1n) is 5.28. The Hall–Kier alpha value is -2.07. The lowest BCUT2D eigenvalue weighted by atomic mass is 10.0. The lowest BCUT2D eigenvalue weighted by Gasteiger charge is -2.10. The van der Waals surface area contributed by atoms with Crippen molar-refractivity contribution in [3.8, 4) is 11.3 Å². The molecule has 4 heteroatoms. The quantitative estimate of drug-likeness (QED) is 0.847. The third-order valence-electron chi connectivity index (χ3n) is 2.52. The first-order valence-corrected chi connectivity index (χ1v) is 5.28. The van der Waals surface area contributed by atoms with Gasteiger partial charge in [-0.2, -0.15) is 0 Å². The van der Waals surface area contributed by atoms with Crippen LogP contribution in [0.1, 0.15) is 18.0 Å². The lowest BCUT2D eigenvalue weighted by molar-refractivity contribution is -0.137. The molecule has 3 N–H and O–H groups in total. The van der Waals surface area contributed by atoms with Gasteiger partial charge in [-0.15, -0.1) is 0 Å². The molecule has 0 bridgehead atoms. The van der Waals surface area contributed by atoms with Crippen molar-refractivity contribution < 1.29 is 14.3 Å². The molecule has 1 aromatic carbocycles. The van der Waals surface area contributed by atoms with Crippen molar-refractivity contribution in [2.45, 2.75) is 12.5 Å². The molecule has 0 aliphatic rings. The van der Waals surface area contributed by atoms with Crippen molar-refractivity contribution in [1.29, 1.82) is 0 Å². The van der Waals surface area contributed by atoms with Crippen molar-refractivity contribution in [1.82, 2.24) is 0 Å².